The normalized spacial score (nSPS) is 10.9. The molecule has 0 saturated carbocycles. The molecule has 34 heavy (non-hydrogen) atoms. The molecule has 174 valence electrons. The molecule has 0 aliphatic heterocycles. The van der Waals surface area contributed by atoms with Gasteiger partial charge in [0.25, 0.3) is 5.91 Å². The Kier molecular flexibility index (Phi) is 7.27. The van der Waals surface area contributed by atoms with Crippen LogP contribution < -0.4 is 5.32 Å². The number of aryl methyl sites for hydroxylation is 2. The number of halogens is 1. The fraction of sp³-hybridized carbons (Fsp3) is 0.192. The minimum absolute atomic E-state index is 0.00363. The first-order valence-corrected chi connectivity index (χ1v) is 11.7. The van der Waals surface area contributed by atoms with E-state index in [9.17, 15) is 14.0 Å². The highest BCUT2D eigenvalue weighted by atomic mass is 32.2. The van der Waals surface area contributed by atoms with E-state index < -0.39 is 11.9 Å². The first-order chi connectivity index (χ1) is 16.4. The molecule has 3 aromatic carbocycles. The van der Waals surface area contributed by atoms with Crippen molar-refractivity contribution in [3.63, 3.8) is 0 Å². The first kappa shape index (κ1) is 23.5. The summed E-state index contributed by atoms with van der Waals surface area (Å²) in [6.07, 6.45) is 0. The monoisotopic (exact) mass is 477 g/mol. The number of carbonyl (C=O) groups excluding carboxylic acids is 2. The Bertz CT molecular complexity index is 1340. The molecular weight excluding hydrogens is 453 g/mol. The van der Waals surface area contributed by atoms with E-state index in [-0.39, 0.29) is 18.2 Å². The molecule has 0 radical (unpaired) electrons. The van der Waals surface area contributed by atoms with E-state index in [1.165, 1.54) is 23.9 Å². The smallest absolute Gasteiger partial charge is 0.316 e. The third-order valence-corrected chi connectivity index (χ3v) is 6.30. The Morgan fingerprint density at radius 3 is 2.56 bits per heavy atom. The van der Waals surface area contributed by atoms with Gasteiger partial charge in [0, 0.05) is 5.69 Å². The predicted octanol–water partition coefficient (Wildman–Crippen LogP) is 5.11. The summed E-state index contributed by atoms with van der Waals surface area (Å²) in [6, 6.07) is 19.6. The van der Waals surface area contributed by atoms with Crippen LogP contribution in [0.3, 0.4) is 0 Å². The second-order valence-electron chi connectivity index (χ2n) is 7.89. The maximum Gasteiger partial charge on any atom is 0.316 e. The Labute approximate surface area is 201 Å². The molecule has 4 rings (SSSR count). The lowest BCUT2D eigenvalue weighted by molar-refractivity contribution is -0.144. The summed E-state index contributed by atoms with van der Waals surface area (Å²) in [7, 11) is 0. The zero-order valence-electron chi connectivity index (χ0n) is 18.9. The molecule has 8 heteroatoms. The maximum atomic E-state index is 13.3. The average molecular weight is 478 g/mol. The van der Waals surface area contributed by atoms with Crippen molar-refractivity contribution in [2.45, 2.75) is 25.5 Å². The summed E-state index contributed by atoms with van der Waals surface area (Å²) in [4.78, 5) is 29.1. The summed E-state index contributed by atoms with van der Waals surface area (Å²) in [5, 5.41) is 3.37. The van der Waals surface area contributed by atoms with E-state index in [1.54, 1.807) is 12.1 Å². The van der Waals surface area contributed by atoms with E-state index in [0.29, 0.717) is 17.4 Å². The highest BCUT2D eigenvalue weighted by Gasteiger charge is 2.15. The highest BCUT2D eigenvalue weighted by molar-refractivity contribution is 7.99. The number of nitrogens with zero attached hydrogens (tertiary/aromatic N) is 2. The van der Waals surface area contributed by atoms with Gasteiger partial charge in [-0.1, -0.05) is 42.1 Å². The molecule has 0 fully saturated rings. The third kappa shape index (κ3) is 5.82. The molecule has 6 nitrogen and oxygen atoms in total. The molecule has 1 heterocycles. The van der Waals surface area contributed by atoms with Crippen LogP contribution in [-0.2, 0) is 20.9 Å². The second kappa shape index (κ2) is 10.5. The van der Waals surface area contributed by atoms with Crippen molar-refractivity contribution < 1.29 is 18.7 Å². The van der Waals surface area contributed by atoms with Crippen molar-refractivity contribution in [3.8, 4) is 0 Å². The van der Waals surface area contributed by atoms with Crippen molar-refractivity contribution >= 4 is 40.4 Å². The molecule has 4 aromatic rings. The molecule has 0 aliphatic rings. The molecule has 1 aromatic heterocycles. The van der Waals surface area contributed by atoms with Crippen molar-refractivity contribution in [2.24, 2.45) is 0 Å². The number of thioether (sulfide) groups is 1. The number of nitrogens with one attached hydrogen (secondary N) is 1. The number of anilines is 1. The number of benzene rings is 3. The van der Waals surface area contributed by atoms with Gasteiger partial charge in [-0.2, -0.15) is 0 Å². The zero-order valence-corrected chi connectivity index (χ0v) is 19.7. The van der Waals surface area contributed by atoms with Crippen LogP contribution in [0.25, 0.3) is 11.0 Å². The lowest BCUT2D eigenvalue weighted by Gasteiger charge is -2.10. The number of imidazole rings is 1. The van der Waals surface area contributed by atoms with Crippen LogP contribution in [-0.4, -0.2) is 33.8 Å². The van der Waals surface area contributed by atoms with Crippen LogP contribution in [0.2, 0.25) is 0 Å². The Morgan fingerprint density at radius 2 is 1.79 bits per heavy atom. The second-order valence-corrected chi connectivity index (χ2v) is 8.83. The molecule has 1 amide bonds. The standard InChI is InChI=1S/C26H24FN3O3S/c1-17-7-12-21(13-18(17)2)28-24(31)15-33-25(32)16-34-26-29-22-5-3-4-6-23(22)30(26)14-19-8-10-20(27)11-9-19/h3-13H,14-16H2,1-2H3,(H,28,31). The lowest BCUT2D eigenvalue weighted by atomic mass is 10.1. The number of rotatable bonds is 8. The summed E-state index contributed by atoms with van der Waals surface area (Å²) >= 11 is 1.23. The van der Waals surface area contributed by atoms with Gasteiger partial charge in [0.05, 0.1) is 23.3 Å². The van der Waals surface area contributed by atoms with Crippen LogP contribution in [0, 0.1) is 19.7 Å². The SMILES string of the molecule is Cc1ccc(NC(=O)COC(=O)CSc2nc3ccccc3n2Cc2ccc(F)cc2)cc1C. The molecule has 0 saturated heterocycles. The quantitative estimate of drug-likeness (QED) is 0.282. The fourth-order valence-corrected chi connectivity index (χ4v) is 4.23. The number of amides is 1. The zero-order chi connectivity index (χ0) is 24.1. The number of carbonyl (C=O) groups is 2. The number of para-hydroxylation sites is 2. The molecular formula is C26H24FN3O3S. The fourth-order valence-electron chi connectivity index (χ4n) is 3.42. The molecule has 0 unspecified atom stereocenters. The maximum absolute atomic E-state index is 13.3. The van der Waals surface area contributed by atoms with Crippen molar-refractivity contribution in [1.29, 1.82) is 0 Å². The Morgan fingerprint density at radius 1 is 1.03 bits per heavy atom. The highest BCUT2D eigenvalue weighted by Crippen LogP contribution is 2.25. The van der Waals surface area contributed by atoms with Crippen LogP contribution in [0.15, 0.2) is 71.9 Å². The van der Waals surface area contributed by atoms with E-state index in [2.05, 4.69) is 10.3 Å². The lowest BCUT2D eigenvalue weighted by Crippen LogP contribution is -2.21. The minimum atomic E-state index is -0.513. The Hall–Kier alpha value is -3.65. The first-order valence-electron chi connectivity index (χ1n) is 10.7. The van der Waals surface area contributed by atoms with Gasteiger partial charge in [-0.3, -0.25) is 9.59 Å². The van der Waals surface area contributed by atoms with Gasteiger partial charge < -0.3 is 14.6 Å². The van der Waals surface area contributed by atoms with Gasteiger partial charge in [-0.15, -0.1) is 0 Å². The van der Waals surface area contributed by atoms with Crippen molar-refractivity contribution in [3.05, 3.63) is 89.2 Å². The molecule has 0 spiro atoms. The van der Waals surface area contributed by atoms with Gasteiger partial charge in [-0.05, 0) is 66.9 Å². The van der Waals surface area contributed by atoms with Crippen molar-refractivity contribution in [2.75, 3.05) is 17.7 Å². The number of fused-ring (bicyclic) bond motifs is 1. The van der Waals surface area contributed by atoms with Gasteiger partial charge >= 0.3 is 5.97 Å². The summed E-state index contributed by atoms with van der Waals surface area (Å²) in [5.74, 6) is -1.20. The number of esters is 1. The topological polar surface area (TPSA) is 73.2 Å². The summed E-state index contributed by atoms with van der Waals surface area (Å²) < 4.78 is 20.4. The van der Waals surface area contributed by atoms with Crippen LogP contribution in [0.5, 0.6) is 0 Å². The minimum Gasteiger partial charge on any atom is -0.455 e. The Balaban J connectivity index is 1.36. The summed E-state index contributed by atoms with van der Waals surface area (Å²) in [5.41, 5.74) is 5.48. The van der Waals surface area contributed by atoms with Crippen LogP contribution in [0.1, 0.15) is 16.7 Å². The van der Waals surface area contributed by atoms with E-state index in [4.69, 9.17) is 4.74 Å². The van der Waals surface area contributed by atoms with E-state index >= 15 is 0 Å². The van der Waals surface area contributed by atoms with Gasteiger partial charge in [-0.25, -0.2) is 9.37 Å². The van der Waals surface area contributed by atoms with Gasteiger partial charge in [0.15, 0.2) is 11.8 Å². The van der Waals surface area contributed by atoms with Crippen LogP contribution in [0.4, 0.5) is 10.1 Å². The number of ether oxygens (including phenoxy) is 1. The average Bonchev–Trinajstić information content (AvgIpc) is 3.17. The number of hydrogen-bond donors (Lipinski definition) is 1. The molecule has 1 N–H and O–H groups in total. The van der Waals surface area contributed by atoms with E-state index in [1.807, 2.05) is 60.9 Å². The third-order valence-electron chi connectivity index (χ3n) is 5.35. The largest absolute Gasteiger partial charge is 0.455 e. The number of aromatic nitrogens is 2. The molecule has 0 atom stereocenters. The predicted molar refractivity (Wildman–Crippen MR) is 131 cm³/mol. The molecule has 0 aliphatic carbocycles. The van der Waals surface area contributed by atoms with Gasteiger partial charge in [0.1, 0.15) is 5.82 Å². The van der Waals surface area contributed by atoms with Gasteiger partial charge in [0.2, 0.25) is 0 Å². The van der Waals surface area contributed by atoms with E-state index in [0.717, 1.165) is 27.7 Å². The van der Waals surface area contributed by atoms with Crippen LogP contribution >= 0.6 is 11.8 Å². The van der Waals surface area contributed by atoms with Crippen molar-refractivity contribution in [1.82, 2.24) is 9.55 Å². The summed E-state index contributed by atoms with van der Waals surface area (Å²) in [6.45, 7) is 4.08. The molecule has 0 bridgehead atoms. The number of hydrogen-bond acceptors (Lipinski definition) is 5.